The molecule has 1 saturated carbocycles. The highest BCUT2D eigenvalue weighted by atomic mass is 32.1. The van der Waals surface area contributed by atoms with Crippen molar-refractivity contribution in [3.8, 4) is 0 Å². The fourth-order valence-electron chi connectivity index (χ4n) is 1.54. The van der Waals surface area contributed by atoms with Gasteiger partial charge in [-0.1, -0.05) is 20.8 Å². The molecule has 0 spiro atoms. The predicted octanol–water partition coefficient (Wildman–Crippen LogP) is 2.70. The zero-order valence-electron chi connectivity index (χ0n) is 9.35. The Balaban J connectivity index is 2.40. The van der Waals surface area contributed by atoms with Crippen molar-refractivity contribution in [2.24, 2.45) is 5.73 Å². The van der Waals surface area contributed by atoms with Crippen LogP contribution in [0.1, 0.15) is 49.2 Å². The Morgan fingerprint density at radius 2 is 1.93 bits per heavy atom. The zero-order chi connectivity index (χ0) is 10.6. The van der Waals surface area contributed by atoms with Gasteiger partial charge in [-0.2, -0.15) is 0 Å². The minimum atomic E-state index is -0.0226. The first-order valence-corrected chi connectivity index (χ1v) is 5.92. The molecular formula is C11H18N2S. The maximum atomic E-state index is 6.20. The molecule has 0 aliphatic heterocycles. The lowest BCUT2D eigenvalue weighted by Crippen LogP contribution is -2.18. The molecule has 1 fully saturated rings. The summed E-state index contributed by atoms with van der Waals surface area (Å²) in [5.41, 5.74) is 7.46. The van der Waals surface area contributed by atoms with E-state index in [2.05, 4.69) is 32.7 Å². The Morgan fingerprint density at radius 1 is 1.36 bits per heavy atom. The summed E-state index contributed by atoms with van der Waals surface area (Å²) in [6.07, 6.45) is 2.25. The van der Waals surface area contributed by atoms with Crippen molar-refractivity contribution < 1.29 is 0 Å². The first-order valence-electron chi connectivity index (χ1n) is 5.10. The van der Waals surface area contributed by atoms with Crippen LogP contribution in [-0.4, -0.2) is 4.98 Å². The number of rotatable bonds is 1. The van der Waals surface area contributed by atoms with Gasteiger partial charge in [0.25, 0.3) is 0 Å². The third-order valence-corrected chi connectivity index (χ3v) is 4.48. The number of thiazole rings is 1. The molecule has 2 N–H and O–H groups in total. The molecule has 0 radical (unpaired) electrons. The molecule has 1 aromatic heterocycles. The summed E-state index contributed by atoms with van der Waals surface area (Å²) < 4.78 is 0. The molecule has 1 heterocycles. The van der Waals surface area contributed by atoms with Crippen LogP contribution in [0.3, 0.4) is 0 Å². The Bertz CT molecular complexity index is 356. The summed E-state index contributed by atoms with van der Waals surface area (Å²) in [5.74, 6) is 0. The van der Waals surface area contributed by atoms with Crippen LogP contribution in [0.15, 0.2) is 0 Å². The van der Waals surface area contributed by atoms with E-state index >= 15 is 0 Å². The van der Waals surface area contributed by atoms with Gasteiger partial charge < -0.3 is 5.73 Å². The molecular weight excluding hydrogens is 192 g/mol. The second-order valence-electron chi connectivity index (χ2n) is 5.34. The van der Waals surface area contributed by atoms with Gasteiger partial charge in [0, 0.05) is 10.3 Å². The fraction of sp³-hybridized carbons (Fsp3) is 0.727. The molecule has 14 heavy (non-hydrogen) atoms. The Hall–Kier alpha value is -0.410. The summed E-state index contributed by atoms with van der Waals surface area (Å²) in [6.45, 7) is 8.68. The lowest BCUT2D eigenvalue weighted by molar-refractivity contribution is 0.584. The van der Waals surface area contributed by atoms with Gasteiger partial charge in [-0.25, -0.2) is 4.98 Å². The highest BCUT2D eigenvalue weighted by Gasteiger charge is 2.43. The lowest BCUT2D eigenvalue weighted by Gasteiger charge is -2.13. The molecule has 0 amide bonds. The van der Waals surface area contributed by atoms with E-state index in [1.165, 1.54) is 9.88 Å². The third-order valence-electron chi connectivity index (χ3n) is 2.68. The van der Waals surface area contributed by atoms with Crippen LogP contribution >= 0.6 is 11.3 Å². The average molecular weight is 210 g/mol. The van der Waals surface area contributed by atoms with Crippen LogP contribution in [-0.2, 0) is 11.0 Å². The number of hydrogen-bond acceptors (Lipinski definition) is 3. The van der Waals surface area contributed by atoms with E-state index in [4.69, 9.17) is 5.73 Å². The molecule has 2 rings (SSSR count). The van der Waals surface area contributed by atoms with Crippen LogP contribution in [0.25, 0.3) is 0 Å². The molecule has 1 aliphatic rings. The molecule has 0 aromatic carbocycles. The van der Waals surface area contributed by atoms with Crippen molar-refractivity contribution in [2.45, 2.75) is 51.5 Å². The van der Waals surface area contributed by atoms with Crippen molar-refractivity contribution in [1.82, 2.24) is 4.98 Å². The SMILES string of the molecule is Cc1nc(C(C)(C)C)sc1C1(N)CC1. The minimum Gasteiger partial charge on any atom is -0.321 e. The highest BCUT2D eigenvalue weighted by Crippen LogP contribution is 2.47. The maximum absolute atomic E-state index is 6.20. The van der Waals surface area contributed by atoms with Gasteiger partial charge >= 0.3 is 0 Å². The van der Waals surface area contributed by atoms with Crippen LogP contribution in [0.5, 0.6) is 0 Å². The Labute approximate surface area is 89.5 Å². The largest absolute Gasteiger partial charge is 0.321 e. The third kappa shape index (κ3) is 1.59. The van der Waals surface area contributed by atoms with Gasteiger partial charge in [-0.3, -0.25) is 0 Å². The van der Waals surface area contributed by atoms with Gasteiger partial charge in [0.15, 0.2) is 0 Å². The molecule has 1 aliphatic carbocycles. The quantitative estimate of drug-likeness (QED) is 0.774. The van der Waals surface area contributed by atoms with Crippen molar-refractivity contribution in [3.63, 3.8) is 0 Å². The molecule has 1 aromatic rings. The van der Waals surface area contributed by atoms with E-state index in [9.17, 15) is 0 Å². The molecule has 78 valence electrons. The number of nitrogens with two attached hydrogens (primary N) is 1. The molecule has 0 bridgehead atoms. The first kappa shape index (κ1) is 10.1. The predicted molar refractivity (Wildman–Crippen MR) is 60.7 cm³/mol. The summed E-state index contributed by atoms with van der Waals surface area (Å²) in [7, 11) is 0. The van der Waals surface area contributed by atoms with E-state index < -0.39 is 0 Å². The van der Waals surface area contributed by atoms with E-state index in [0.717, 1.165) is 18.5 Å². The number of hydrogen-bond donors (Lipinski definition) is 1. The van der Waals surface area contributed by atoms with Crippen molar-refractivity contribution in [3.05, 3.63) is 15.6 Å². The molecule has 3 heteroatoms. The van der Waals surface area contributed by atoms with E-state index in [-0.39, 0.29) is 11.0 Å². The first-order chi connectivity index (χ1) is 6.33. The van der Waals surface area contributed by atoms with Gasteiger partial charge in [0.05, 0.1) is 16.2 Å². The molecule has 2 nitrogen and oxygen atoms in total. The summed E-state index contributed by atoms with van der Waals surface area (Å²) in [5, 5.41) is 1.21. The maximum Gasteiger partial charge on any atom is 0.0985 e. The monoisotopic (exact) mass is 210 g/mol. The van der Waals surface area contributed by atoms with Crippen molar-refractivity contribution in [2.75, 3.05) is 0 Å². The number of nitrogens with zero attached hydrogens (tertiary/aromatic N) is 1. The molecule has 0 atom stereocenters. The van der Waals surface area contributed by atoms with Gasteiger partial charge in [0.1, 0.15) is 0 Å². The molecule has 0 unspecified atom stereocenters. The van der Waals surface area contributed by atoms with Crippen LogP contribution < -0.4 is 5.73 Å². The van der Waals surface area contributed by atoms with E-state index in [0.29, 0.717) is 0 Å². The van der Waals surface area contributed by atoms with E-state index in [1.54, 1.807) is 11.3 Å². The fourth-order valence-corrected chi connectivity index (χ4v) is 2.82. The Kier molecular flexibility index (Phi) is 2.02. The summed E-state index contributed by atoms with van der Waals surface area (Å²) in [4.78, 5) is 5.93. The highest BCUT2D eigenvalue weighted by molar-refractivity contribution is 7.12. The summed E-state index contributed by atoms with van der Waals surface area (Å²) >= 11 is 1.80. The average Bonchev–Trinajstić information content (AvgIpc) is 2.60. The van der Waals surface area contributed by atoms with Gasteiger partial charge in [0.2, 0.25) is 0 Å². The Morgan fingerprint density at radius 3 is 2.29 bits per heavy atom. The minimum absolute atomic E-state index is 0.0226. The lowest BCUT2D eigenvalue weighted by atomic mass is 9.98. The van der Waals surface area contributed by atoms with Crippen molar-refractivity contribution >= 4 is 11.3 Å². The number of aryl methyl sites for hydroxylation is 1. The second-order valence-corrected chi connectivity index (χ2v) is 6.34. The van der Waals surface area contributed by atoms with Crippen LogP contribution in [0.4, 0.5) is 0 Å². The van der Waals surface area contributed by atoms with Crippen molar-refractivity contribution in [1.29, 1.82) is 0 Å². The smallest absolute Gasteiger partial charge is 0.0985 e. The van der Waals surface area contributed by atoms with Crippen LogP contribution in [0.2, 0.25) is 0 Å². The second kappa shape index (κ2) is 2.80. The number of aromatic nitrogens is 1. The molecule has 0 saturated heterocycles. The van der Waals surface area contributed by atoms with Gasteiger partial charge in [-0.05, 0) is 19.8 Å². The topological polar surface area (TPSA) is 38.9 Å². The van der Waals surface area contributed by atoms with Gasteiger partial charge in [-0.15, -0.1) is 11.3 Å². The normalized spacial score (nSPS) is 19.8. The van der Waals surface area contributed by atoms with Crippen LogP contribution in [0, 0.1) is 6.92 Å². The van der Waals surface area contributed by atoms with E-state index in [1.807, 2.05) is 0 Å². The summed E-state index contributed by atoms with van der Waals surface area (Å²) in [6, 6.07) is 0. The standard InChI is InChI=1S/C11H18N2S/c1-7-8(11(12)5-6-11)14-9(13-7)10(2,3)4/h5-6,12H2,1-4H3. The zero-order valence-corrected chi connectivity index (χ0v) is 10.2.